The van der Waals surface area contributed by atoms with Crippen LogP contribution in [0.1, 0.15) is 24.8 Å². The molecule has 3 rings (SSSR count). The minimum atomic E-state index is -3.83. The van der Waals surface area contributed by atoms with Crippen LogP contribution in [0, 0.1) is 12.8 Å². The van der Waals surface area contributed by atoms with Gasteiger partial charge in [-0.3, -0.25) is 4.79 Å². The fourth-order valence-corrected chi connectivity index (χ4v) is 5.59. The number of amides is 1. The molecule has 0 saturated carbocycles. The molecule has 0 bridgehead atoms. The number of carbonyl (C=O) groups excluding carboxylic acids is 1. The minimum Gasteiger partial charge on any atom is -0.500 e. The third-order valence-electron chi connectivity index (χ3n) is 5.37. The summed E-state index contributed by atoms with van der Waals surface area (Å²) >= 11 is 0. The monoisotopic (exact) mass is 503 g/mol. The van der Waals surface area contributed by atoms with Crippen molar-refractivity contribution in [1.82, 2.24) is 4.90 Å². The van der Waals surface area contributed by atoms with Crippen molar-refractivity contribution in [2.24, 2.45) is 0 Å². The molecule has 1 aromatic carbocycles. The summed E-state index contributed by atoms with van der Waals surface area (Å²) in [6, 6.07) is 8.67. The topological polar surface area (TPSA) is 63.7 Å². The molecule has 5 nitrogen and oxygen atoms in total. The van der Waals surface area contributed by atoms with E-state index in [1.165, 1.54) is 42.4 Å². The summed E-state index contributed by atoms with van der Waals surface area (Å²) in [5.41, 5.74) is 3.81. The van der Waals surface area contributed by atoms with Crippen molar-refractivity contribution in [2.75, 3.05) is 14.2 Å². The molecular formula is C30H33NO4S. The van der Waals surface area contributed by atoms with E-state index in [1.807, 2.05) is 0 Å². The van der Waals surface area contributed by atoms with Gasteiger partial charge in [0.25, 0.3) is 5.91 Å². The van der Waals surface area contributed by atoms with Crippen LogP contribution in [0.2, 0.25) is 0 Å². The SMILES string of the molecule is C=C[CH]/C(OC)=C(C=C)/C=C/C=C1/C(=O)N(C)C(c2ccccc2)S1(=O)=O.CC1=C[CH]C=CC(C)=C1. The molecule has 0 spiro atoms. The Kier molecular flexibility index (Phi) is 10.7. The standard InChI is InChI=1S/C21H22NO4S.C9H11/c1-5-11-18(26-4)16(6-2)14-10-15-19-20(23)22(3)21(27(19,24)25)17-12-8-7-9-13-17;1-8-5-3-4-6-9(2)7-8/h5-15,21H,1-2H2,3-4H3;3-7H,1-2H3/b14-10+,18-16-,19-15-;. The molecule has 1 aliphatic carbocycles. The number of hydrogen-bond donors (Lipinski definition) is 0. The van der Waals surface area contributed by atoms with Crippen molar-refractivity contribution < 1.29 is 17.9 Å². The molecule has 1 atom stereocenters. The molecule has 1 heterocycles. The quantitative estimate of drug-likeness (QED) is 0.255. The fourth-order valence-electron chi connectivity index (χ4n) is 3.67. The van der Waals surface area contributed by atoms with Gasteiger partial charge in [0, 0.05) is 25.5 Å². The van der Waals surface area contributed by atoms with E-state index in [0.29, 0.717) is 16.9 Å². The lowest BCUT2D eigenvalue weighted by Crippen LogP contribution is -2.24. The van der Waals surface area contributed by atoms with Gasteiger partial charge in [0.05, 0.1) is 7.11 Å². The number of allylic oxidation sites excluding steroid dienone is 12. The van der Waals surface area contributed by atoms with Crippen molar-refractivity contribution in [3.05, 3.63) is 144 Å². The predicted molar refractivity (Wildman–Crippen MR) is 148 cm³/mol. The van der Waals surface area contributed by atoms with E-state index in [2.05, 4.69) is 57.7 Å². The fraction of sp³-hybridized carbons (Fsp3) is 0.167. The van der Waals surface area contributed by atoms with Gasteiger partial charge < -0.3 is 9.64 Å². The maximum Gasteiger partial charge on any atom is 0.266 e. The first-order valence-electron chi connectivity index (χ1n) is 11.3. The van der Waals surface area contributed by atoms with E-state index in [4.69, 9.17) is 4.74 Å². The average molecular weight is 504 g/mol. The molecule has 6 heteroatoms. The molecule has 2 radical (unpaired) electrons. The Hall–Kier alpha value is -3.64. The maximum atomic E-state index is 12.9. The number of sulfone groups is 1. The molecule has 1 aliphatic heterocycles. The zero-order chi connectivity index (χ0) is 26.7. The number of hydrogen-bond acceptors (Lipinski definition) is 4. The van der Waals surface area contributed by atoms with Gasteiger partial charge in [-0.05, 0) is 25.5 Å². The largest absolute Gasteiger partial charge is 0.500 e. The predicted octanol–water partition coefficient (Wildman–Crippen LogP) is 6.14. The molecule has 36 heavy (non-hydrogen) atoms. The molecule has 0 aromatic heterocycles. The highest BCUT2D eigenvalue weighted by atomic mass is 32.2. The lowest BCUT2D eigenvalue weighted by atomic mass is 10.1. The third kappa shape index (κ3) is 7.18. The first kappa shape index (κ1) is 28.6. The Morgan fingerprint density at radius 3 is 2.42 bits per heavy atom. The highest BCUT2D eigenvalue weighted by Gasteiger charge is 2.47. The van der Waals surface area contributed by atoms with E-state index in [1.54, 1.807) is 55.0 Å². The van der Waals surface area contributed by atoms with E-state index < -0.39 is 21.1 Å². The van der Waals surface area contributed by atoms with Crippen LogP contribution in [-0.2, 0) is 19.4 Å². The van der Waals surface area contributed by atoms with Gasteiger partial charge in [0.15, 0.2) is 5.37 Å². The highest BCUT2D eigenvalue weighted by Crippen LogP contribution is 2.38. The molecule has 1 aromatic rings. The molecule has 1 saturated heterocycles. The Morgan fingerprint density at radius 1 is 1.11 bits per heavy atom. The van der Waals surface area contributed by atoms with Crippen LogP contribution in [0.15, 0.2) is 126 Å². The van der Waals surface area contributed by atoms with E-state index in [9.17, 15) is 13.2 Å². The summed E-state index contributed by atoms with van der Waals surface area (Å²) in [7, 11) is -0.836. The van der Waals surface area contributed by atoms with E-state index >= 15 is 0 Å². The van der Waals surface area contributed by atoms with Gasteiger partial charge in [0.1, 0.15) is 10.7 Å². The first-order valence-corrected chi connectivity index (χ1v) is 12.9. The molecular weight excluding hydrogens is 470 g/mol. The van der Waals surface area contributed by atoms with Crippen LogP contribution in [-0.4, -0.2) is 33.4 Å². The molecule has 1 fully saturated rings. The van der Waals surface area contributed by atoms with Gasteiger partial charge in [-0.15, -0.1) is 6.58 Å². The van der Waals surface area contributed by atoms with Crippen molar-refractivity contribution in [3.8, 4) is 0 Å². The van der Waals surface area contributed by atoms with Gasteiger partial charge in [-0.1, -0.05) is 96.7 Å². The van der Waals surface area contributed by atoms with Crippen molar-refractivity contribution in [1.29, 1.82) is 0 Å². The second-order valence-electron chi connectivity index (χ2n) is 8.09. The van der Waals surface area contributed by atoms with Gasteiger partial charge in [-0.25, -0.2) is 8.42 Å². The van der Waals surface area contributed by atoms with Gasteiger partial charge >= 0.3 is 0 Å². The highest BCUT2D eigenvalue weighted by molar-refractivity contribution is 7.97. The smallest absolute Gasteiger partial charge is 0.266 e. The van der Waals surface area contributed by atoms with Gasteiger partial charge in [0.2, 0.25) is 9.84 Å². The molecule has 1 unspecified atom stereocenters. The Bertz CT molecular complexity index is 1260. The summed E-state index contributed by atoms with van der Waals surface area (Å²) in [5.74, 6) is -0.0169. The average Bonchev–Trinajstić information content (AvgIpc) is 2.96. The van der Waals surface area contributed by atoms with Crippen molar-refractivity contribution in [3.63, 3.8) is 0 Å². The summed E-state index contributed by atoms with van der Waals surface area (Å²) in [6.45, 7) is 11.5. The first-order chi connectivity index (χ1) is 17.2. The number of likely N-dealkylation sites (N-methyl/N-ethyl adjacent to an activating group) is 1. The number of benzene rings is 1. The Balaban J connectivity index is 0.000000425. The summed E-state index contributed by atoms with van der Waals surface area (Å²) in [5, 5.41) is -1.02. The number of carbonyl (C=O) groups is 1. The summed E-state index contributed by atoms with van der Waals surface area (Å²) < 4.78 is 31.1. The van der Waals surface area contributed by atoms with Gasteiger partial charge in [-0.2, -0.15) is 0 Å². The van der Waals surface area contributed by atoms with Crippen LogP contribution in [0.25, 0.3) is 0 Å². The van der Waals surface area contributed by atoms with E-state index in [-0.39, 0.29) is 4.91 Å². The lowest BCUT2D eigenvalue weighted by molar-refractivity contribution is -0.124. The lowest BCUT2D eigenvalue weighted by Gasteiger charge is -2.17. The van der Waals surface area contributed by atoms with Crippen LogP contribution < -0.4 is 0 Å². The third-order valence-corrected chi connectivity index (χ3v) is 7.47. The summed E-state index contributed by atoms with van der Waals surface area (Å²) in [4.78, 5) is 13.5. The van der Waals surface area contributed by atoms with E-state index in [0.717, 1.165) is 0 Å². The number of ether oxygens (including phenoxy) is 1. The Labute approximate surface area is 215 Å². The van der Waals surface area contributed by atoms with Crippen LogP contribution in [0.3, 0.4) is 0 Å². The maximum absolute atomic E-state index is 12.9. The molecule has 188 valence electrons. The normalized spacial score (nSPS) is 20.7. The van der Waals surface area contributed by atoms with Crippen LogP contribution >= 0.6 is 0 Å². The zero-order valence-corrected chi connectivity index (χ0v) is 22.0. The second-order valence-corrected chi connectivity index (χ2v) is 10.1. The number of rotatable bonds is 7. The number of methoxy groups -OCH3 is 1. The molecule has 2 aliphatic rings. The molecule has 0 N–H and O–H groups in total. The number of nitrogens with zero attached hydrogens (tertiary/aromatic N) is 1. The van der Waals surface area contributed by atoms with Crippen LogP contribution in [0.5, 0.6) is 0 Å². The molecule has 1 amide bonds. The Morgan fingerprint density at radius 2 is 1.81 bits per heavy atom. The second kappa shape index (κ2) is 13.4. The minimum absolute atomic E-state index is 0.245. The van der Waals surface area contributed by atoms with Crippen molar-refractivity contribution in [2.45, 2.75) is 19.2 Å². The van der Waals surface area contributed by atoms with Crippen LogP contribution in [0.4, 0.5) is 0 Å². The summed E-state index contributed by atoms with van der Waals surface area (Å²) in [6.07, 6.45) is 19.7. The van der Waals surface area contributed by atoms with Crippen molar-refractivity contribution >= 4 is 15.7 Å². The zero-order valence-electron chi connectivity index (χ0n) is 21.2.